The van der Waals surface area contributed by atoms with E-state index in [2.05, 4.69) is 193 Å². The maximum atomic E-state index is 2.40. The van der Waals surface area contributed by atoms with E-state index >= 15 is 0 Å². The van der Waals surface area contributed by atoms with Gasteiger partial charge in [-0.25, -0.2) is 0 Å². The van der Waals surface area contributed by atoms with Crippen molar-refractivity contribution in [3.05, 3.63) is 188 Å². The van der Waals surface area contributed by atoms with Crippen LogP contribution in [0.2, 0.25) is 0 Å². The zero-order valence-electron chi connectivity index (χ0n) is 26.8. The third kappa shape index (κ3) is 4.33. The Morgan fingerprint density at radius 1 is 0.224 bits per heavy atom. The van der Waals surface area contributed by atoms with Crippen LogP contribution >= 0.6 is 0 Å². The highest BCUT2D eigenvalue weighted by Crippen LogP contribution is 2.46. The minimum atomic E-state index is 1.13. The Bertz CT molecular complexity index is 2820. The number of para-hydroxylation sites is 2. The first-order chi connectivity index (χ1) is 24.3. The lowest BCUT2D eigenvalue weighted by Crippen LogP contribution is -2.09. The number of benzene rings is 9. The van der Waals surface area contributed by atoms with Gasteiger partial charge in [0.15, 0.2) is 0 Å². The molecule has 0 aliphatic heterocycles. The average Bonchev–Trinajstić information content (AvgIpc) is 3.18. The van der Waals surface area contributed by atoms with Crippen LogP contribution in [0.3, 0.4) is 0 Å². The maximum Gasteiger partial charge on any atom is 0.0468 e. The summed E-state index contributed by atoms with van der Waals surface area (Å²) in [4.78, 5) is 2.36. The molecule has 0 aromatic heterocycles. The van der Waals surface area contributed by atoms with Crippen molar-refractivity contribution in [1.29, 1.82) is 0 Å². The van der Waals surface area contributed by atoms with Gasteiger partial charge in [0.05, 0.1) is 0 Å². The van der Waals surface area contributed by atoms with E-state index in [1.807, 2.05) is 0 Å². The van der Waals surface area contributed by atoms with Crippen molar-refractivity contribution in [3.8, 4) is 11.1 Å². The minimum Gasteiger partial charge on any atom is -0.310 e. The van der Waals surface area contributed by atoms with Crippen LogP contribution in [0.1, 0.15) is 0 Å². The van der Waals surface area contributed by atoms with Crippen LogP contribution in [-0.4, -0.2) is 0 Å². The Labute approximate surface area is 284 Å². The fourth-order valence-corrected chi connectivity index (χ4v) is 8.04. The molecule has 0 atom stereocenters. The highest BCUT2D eigenvalue weighted by Gasteiger charge is 2.18. The first-order valence-corrected chi connectivity index (χ1v) is 16.9. The molecule has 1 nitrogen and oxygen atoms in total. The molecule has 10 rings (SSSR count). The van der Waals surface area contributed by atoms with Gasteiger partial charge >= 0.3 is 0 Å². The summed E-state index contributed by atoms with van der Waals surface area (Å²) in [5.74, 6) is 0. The van der Waals surface area contributed by atoms with Crippen LogP contribution in [0, 0.1) is 0 Å². The fourth-order valence-electron chi connectivity index (χ4n) is 8.04. The lowest BCUT2D eigenvalue weighted by atomic mass is 9.86. The molecule has 0 N–H and O–H groups in total. The van der Waals surface area contributed by atoms with Gasteiger partial charge in [-0.05, 0) is 118 Å². The normalized spacial score (nSPS) is 11.7. The summed E-state index contributed by atoms with van der Waals surface area (Å²) in [5, 5.41) is 15.3. The van der Waals surface area contributed by atoms with E-state index < -0.39 is 0 Å². The summed E-state index contributed by atoms with van der Waals surface area (Å²) in [5.41, 5.74) is 5.86. The molecule has 10 aromatic carbocycles. The lowest BCUT2D eigenvalue weighted by molar-refractivity contribution is 1.29. The predicted octanol–water partition coefficient (Wildman–Crippen LogP) is 13.7. The second kappa shape index (κ2) is 11.1. The summed E-state index contributed by atoms with van der Waals surface area (Å²) in [6, 6.07) is 68.8. The SMILES string of the molecule is c1ccc(-c2ccc3c(c2)c2cccc4c5ccc(N(c6ccccc6)c6ccccc6)cc5c5ccccc5c5cccc3c5c42)cc1. The number of anilines is 3. The molecule has 0 radical (unpaired) electrons. The largest absolute Gasteiger partial charge is 0.310 e. The standard InChI is InChI=1S/C48H31N/c1-4-14-32(15-5-1)33-26-28-39-42-23-12-22-41-37-20-10-11-21-38(37)46-31-36(49(34-16-6-2-7-17-34)35-18-8-3-9-19-35)27-29-40(46)43-24-13-25-44(45(39)30-33)48(43)47(41)42/h1-31H. The average molecular weight is 622 g/mol. The highest BCUT2D eigenvalue weighted by atomic mass is 15.1. The van der Waals surface area contributed by atoms with Crippen molar-refractivity contribution in [1.82, 2.24) is 0 Å². The van der Waals surface area contributed by atoms with E-state index in [4.69, 9.17) is 0 Å². The van der Waals surface area contributed by atoms with Crippen molar-refractivity contribution in [2.24, 2.45) is 0 Å². The van der Waals surface area contributed by atoms with Crippen molar-refractivity contribution in [2.75, 3.05) is 4.90 Å². The number of hydrogen-bond donors (Lipinski definition) is 0. The summed E-state index contributed by atoms with van der Waals surface area (Å²) >= 11 is 0. The fraction of sp³-hybridized carbons (Fsp3) is 0. The summed E-state index contributed by atoms with van der Waals surface area (Å²) in [7, 11) is 0. The Morgan fingerprint density at radius 3 is 1.20 bits per heavy atom. The molecule has 0 amide bonds. The summed E-state index contributed by atoms with van der Waals surface area (Å²) < 4.78 is 0. The van der Waals surface area contributed by atoms with E-state index in [-0.39, 0.29) is 0 Å². The molecule has 1 heteroatoms. The molecule has 0 bridgehead atoms. The molecule has 0 saturated carbocycles. The molecule has 0 fully saturated rings. The van der Waals surface area contributed by atoms with Gasteiger partial charge in [-0.15, -0.1) is 0 Å². The zero-order chi connectivity index (χ0) is 32.3. The van der Waals surface area contributed by atoms with Crippen molar-refractivity contribution in [2.45, 2.75) is 0 Å². The van der Waals surface area contributed by atoms with Gasteiger partial charge in [-0.1, -0.05) is 146 Å². The van der Waals surface area contributed by atoms with Crippen molar-refractivity contribution >= 4 is 81.7 Å². The Hall–Kier alpha value is -6.44. The molecule has 0 spiro atoms. The first kappa shape index (κ1) is 27.7. The van der Waals surface area contributed by atoms with Crippen LogP contribution in [0.5, 0.6) is 0 Å². The minimum absolute atomic E-state index is 1.13. The quantitative estimate of drug-likeness (QED) is 0.177. The van der Waals surface area contributed by atoms with E-state index in [9.17, 15) is 0 Å². The summed E-state index contributed by atoms with van der Waals surface area (Å²) in [6.07, 6.45) is 0. The molecule has 49 heavy (non-hydrogen) atoms. The number of nitrogens with zero attached hydrogens (tertiary/aromatic N) is 1. The second-order valence-electron chi connectivity index (χ2n) is 12.9. The number of fused-ring (bicyclic) bond motifs is 8. The van der Waals surface area contributed by atoms with Gasteiger partial charge in [0.25, 0.3) is 0 Å². The molecule has 0 aliphatic rings. The molecule has 10 aromatic rings. The Kier molecular flexibility index (Phi) is 6.25. The van der Waals surface area contributed by atoms with E-state index in [1.165, 1.54) is 75.8 Å². The molecular weight excluding hydrogens is 591 g/mol. The van der Waals surface area contributed by atoms with E-state index in [0.29, 0.717) is 0 Å². The molecule has 228 valence electrons. The third-order valence-electron chi connectivity index (χ3n) is 10.2. The van der Waals surface area contributed by atoms with Gasteiger partial charge < -0.3 is 4.90 Å². The topological polar surface area (TPSA) is 3.24 Å². The van der Waals surface area contributed by atoms with Gasteiger partial charge in [0.1, 0.15) is 0 Å². The number of rotatable bonds is 4. The Balaban J connectivity index is 1.38. The van der Waals surface area contributed by atoms with Gasteiger partial charge in [-0.3, -0.25) is 0 Å². The van der Waals surface area contributed by atoms with Crippen LogP contribution in [0.15, 0.2) is 188 Å². The van der Waals surface area contributed by atoms with Gasteiger partial charge in [-0.2, -0.15) is 0 Å². The molecule has 0 aliphatic carbocycles. The zero-order valence-corrected chi connectivity index (χ0v) is 26.8. The number of hydrogen-bond acceptors (Lipinski definition) is 1. The molecular formula is C48H31N. The van der Waals surface area contributed by atoms with Gasteiger partial charge in [0, 0.05) is 17.1 Å². The van der Waals surface area contributed by atoms with Crippen molar-refractivity contribution < 1.29 is 0 Å². The predicted molar refractivity (Wildman–Crippen MR) is 212 cm³/mol. The van der Waals surface area contributed by atoms with Crippen molar-refractivity contribution in [3.63, 3.8) is 0 Å². The van der Waals surface area contributed by atoms with E-state index in [1.54, 1.807) is 0 Å². The highest BCUT2D eigenvalue weighted by molar-refractivity contribution is 6.39. The van der Waals surface area contributed by atoms with Crippen LogP contribution in [-0.2, 0) is 0 Å². The Morgan fingerprint density at radius 2 is 0.633 bits per heavy atom. The smallest absolute Gasteiger partial charge is 0.0468 e. The van der Waals surface area contributed by atoms with E-state index in [0.717, 1.165) is 17.1 Å². The summed E-state index contributed by atoms with van der Waals surface area (Å²) in [6.45, 7) is 0. The lowest BCUT2D eigenvalue weighted by Gasteiger charge is -2.26. The molecule has 0 heterocycles. The second-order valence-corrected chi connectivity index (χ2v) is 12.9. The van der Waals surface area contributed by atoms with Crippen LogP contribution in [0.4, 0.5) is 17.1 Å². The molecule has 0 saturated heterocycles. The third-order valence-corrected chi connectivity index (χ3v) is 10.2. The molecule has 0 unspecified atom stereocenters. The first-order valence-electron chi connectivity index (χ1n) is 16.9. The monoisotopic (exact) mass is 621 g/mol. The van der Waals surface area contributed by atoms with Gasteiger partial charge in [0.2, 0.25) is 0 Å². The van der Waals surface area contributed by atoms with Crippen LogP contribution < -0.4 is 4.90 Å². The maximum absolute atomic E-state index is 2.40. The van der Waals surface area contributed by atoms with Crippen LogP contribution in [0.25, 0.3) is 75.8 Å².